The minimum atomic E-state index is -0.681. The molecule has 1 aromatic rings. The van der Waals surface area contributed by atoms with Gasteiger partial charge in [0.2, 0.25) is 5.88 Å². The first kappa shape index (κ1) is 9.26. The highest BCUT2D eigenvalue weighted by Gasteiger charge is 2.11. The minimum Gasteiger partial charge on any atom is -0.480 e. The molecule has 1 rings (SSSR count). The van der Waals surface area contributed by atoms with Crippen LogP contribution < -0.4 is 9.47 Å². The van der Waals surface area contributed by atoms with Crippen LogP contribution in [-0.2, 0) is 0 Å². The number of nitrogens with zero attached hydrogens (tertiary/aromatic N) is 2. The Kier molecular flexibility index (Phi) is 2.65. The van der Waals surface area contributed by atoms with Gasteiger partial charge in [0.25, 0.3) is 5.88 Å². The molecular weight excluding hydrogens is 175 g/mol. The first-order valence-electron chi connectivity index (χ1n) is 3.41. The molecule has 5 heteroatoms. The number of hydrogen-bond acceptors (Lipinski definition) is 4. The summed E-state index contributed by atoms with van der Waals surface area (Å²) in [4.78, 5) is 3.64. The molecule has 0 unspecified atom stereocenters. The molecule has 0 radical (unpaired) electrons. The Morgan fingerprint density at radius 1 is 1.38 bits per heavy atom. The summed E-state index contributed by atoms with van der Waals surface area (Å²) in [6, 6.07) is 2.77. The van der Waals surface area contributed by atoms with E-state index in [9.17, 15) is 4.39 Å². The molecule has 4 nitrogen and oxygen atoms in total. The van der Waals surface area contributed by atoms with Crippen LogP contribution in [0.4, 0.5) is 4.39 Å². The molecule has 0 aromatic carbocycles. The maximum Gasteiger partial charge on any atom is 0.253 e. The van der Waals surface area contributed by atoms with E-state index in [0.29, 0.717) is 0 Å². The molecule has 0 fully saturated rings. The maximum absolute atomic E-state index is 13.0. The summed E-state index contributed by atoms with van der Waals surface area (Å²) in [6.45, 7) is 0. The topological polar surface area (TPSA) is 55.1 Å². The summed E-state index contributed by atoms with van der Waals surface area (Å²) in [7, 11) is 2.64. The molecule has 13 heavy (non-hydrogen) atoms. The average molecular weight is 182 g/mol. The number of aromatic nitrogens is 1. The summed E-state index contributed by atoms with van der Waals surface area (Å²) >= 11 is 0. The molecule has 0 N–H and O–H groups in total. The first-order valence-corrected chi connectivity index (χ1v) is 3.41. The fourth-order valence-corrected chi connectivity index (χ4v) is 0.835. The lowest BCUT2D eigenvalue weighted by Crippen LogP contribution is -1.98. The molecule has 0 bridgehead atoms. The van der Waals surface area contributed by atoms with Gasteiger partial charge in [-0.1, -0.05) is 0 Å². The Morgan fingerprint density at radius 3 is 2.46 bits per heavy atom. The summed E-state index contributed by atoms with van der Waals surface area (Å²) in [5.74, 6) is -0.809. The number of halogens is 1. The zero-order chi connectivity index (χ0) is 9.84. The zero-order valence-electron chi connectivity index (χ0n) is 7.17. The molecule has 0 amide bonds. The highest BCUT2D eigenvalue weighted by Crippen LogP contribution is 2.22. The predicted molar refractivity (Wildman–Crippen MR) is 42.0 cm³/mol. The Balaban J connectivity index is 3.28. The van der Waals surface area contributed by atoms with E-state index in [1.54, 1.807) is 6.07 Å². The van der Waals surface area contributed by atoms with Crippen molar-refractivity contribution in [1.29, 1.82) is 5.26 Å². The van der Waals surface area contributed by atoms with Gasteiger partial charge in [-0.2, -0.15) is 10.2 Å². The molecule has 1 aromatic heterocycles. The van der Waals surface area contributed by atoms with Gasteiger partial charge in [0.1, 0.15) is 11.6 Å². The van der Waals surface area contributed by atoms with Gasteiger partial charge in [0, 0.05) is 6.07 Å². The lowest BCUT2D eigenvalue weighted by molar-refractivity contribution is 0.344. The second kappa shape index (κ2) is 3.72. The molecular formula is C8H7FN2O2. The second-order valence-electron chi connectivity index (χ2n) is 2.15. The Hall–Kier alpha value is -1.83. The normalized spacial score (nSPS) is 9.08. The van der Waals surface area contributed by atoms with Crippen LogP contribution in [0.15, 0.2) is 6.07 Å². The second-order valence-corrected chi connectivity index (χ2v) is 2.15. The monoisotopic (exact) mass is 182 g/mol. The van der Waals surface area contributed by atoms with Gasteiger partial charge < -0.3 is 9.47 Å². The lowest BCUT2D eigenvalue weighted by atomic mass is 10.3. The van der Waals surface area contributed by atoms with Crippen LogP contribution in [0.5, 0.6) is 11.8 Å². The zero-order valence-corrected chi connectivity index (χ0v) is 7.17. The van der Waals surface area contributed by atoms with E-state index in [1.165, 1.54) is 14.2 Å². The van der Waals surface area contributed by atoms with E-state index >= 15 is 0 Å². The molecule has 0 aliphatic rings. The average Bonchev–Trinajstić information content (AvgIpc) is 2.17. The number of hydrogen-bond donors (Lipinski definition) is 0. The summed E-state index contributed by atoms with van der Waals surface area (Å²) in [6.07, 6.45) is 0. The molecule has 1 heterocycles. The van der Waals surface area contributed by atoms with E-state index < -0.39 is 5.82 Å². The van der Waals surface area contributed by atoms with Crippen LogP contribution in [0.2, 0.25) is 0 Å². The van der Waals surface area contributed by atoms with Crippen molar-refractivity contribution in [2.75, 3.05) is 14.2 Å². The van der Waals surface area contributed by atoms with Gasteiger partial charge in [0.15, 0.2) is 5.82 Å². The molecule has 0 atom stereocenters. The predicted octanol–water partition coefficient (Wildman–Crippen LogP) is 1.11. The Bertz CT molecular complexity index is 360. The highest BCUT2D eigenvalue weighted by molar-refractivity contribution is 5.40. The Morgan fingerprint density at radius 2 is 2.00 bits per heavy atom. The van der Waals surface area contributed by atoms with Crippen molar-refractivity contribution in [2.24, 2.45) is 0 Å². The molecule has 0 aliphatic heterocycles. The Labute approximate surface area is 74.5 Å². The van der Waals surface area contributed by atoms with Gasteiger partial charge in [-0.15, -0.1) is 0 Å². The van der Waals surface area contributed by atoms with Gasteiger partial charge in [0.05, 0.1) is 14.2 Å². The van der Waals surface area contributed by atoms with Crippen molar-refractivity contribution in [1.82, 2.24) is 4.98 Å². The molecule has 0 spiro atoms. The third kappa shape index (κ3) is 1.67. The fourth-order valence-electron chi connectivity index (χ4n) is 0.835. The summed E-state index contributed by atoms with van der Waals surface area (Å²) in [5, 5.41) is 8.56. The van der Waals surface area contributed by atoms with Crippen LogP contribution in [0.1, 0.15) is 5.56 Å². The van der Waals surface area contributed by atoms with Crippen LogP contribution in [0.25, 0.3) is 0 Å². The number of rotatable bonds is 2. The highest BCUT2D eigenvalue weighted by atomic mass is 19.1. The third-order valence-corrected chi connectivity index (χ3v) is 1.42. The van der Waals surface area contributed by atoms with Crippen LogP contribution in [0, 0.1) is 17.1 Å². The van der Waals surface area contributed by atoms with Gasteiger partial charge in [-0.05, 0) is 0 Å². The van der Waals surface area contributed by atoms with Crippen molar-refractivity contribution < 1.29 is 13.9 Å². The van der Waals surface area contributed by atoms with Gasteiger partial charge >= 0.3 is 0 Å². The standard InChI is InChI=1S/C8H7FN2O2/c1-12-7-5(4-10)3-6(9)8(11-7)13-2/h3H,1-2H3. The van der Waals surface area contributed by atoms with Crippen molar-refractivity contribution in [3.63, 3.8) is 0 Å². The minimum absolute atomic E-state index is 0.0424. The van der Waals surface area contributed by atoms with Crippen LogP contribution >= 0.6 is 0 Å². The molecule has 0 saturated heterocycles. The number of nitriles is 1. The van der Waals surface area contributed by atoms with Gasteiger partial charge in [-0.25, -0.2) is 4.39 Å². The molecule has 68 valence electrons. The van der Waals surface area contributed by atoms with E-state index in [-0.39, 0.29) is 17.3 Å². The van der Waals surface area contributed by atoms with Crippen molar-refractivity contribution in [2.45, 2.75) is 0 Å². The first-order chi connectivity index (χ1) is 6.22. The summed E-state index contributed by atoms with van der Waals surface area (Å²) in [5.41, 5.74) is 0.0424. The van der Waals surface area contributed by atoms with E-state index in [1.807, 2.05) is 0 Å². The number of pyridine rings is 1. The smallest absolute Gasteiger partial charge is 0.253 e. The number of methoxy groups -OCH3 is 2. The van der Waals surface area contributed by atoms with Crippen LogP contribution in [-0.4, -0.2) is 19.2 Å². The number of ether oxygens (including phenoxy) is 2. The van der Waals surface area contributed by atoms with Crippen molar-refractivity contribution in [3.8, 4) is 17.8 Å². The lowest BCUT2D eigenvalue weighted by Gasteiger charge is -2.04. The van der Waals surface area contributed by atoms with Crippen LogP contribution in [0.3, 0.4) is 0 Å². The molecule has 0 aliphatic carbocycles. The van der Waals surface area contributed by atoms with E-state index in [4.69, 9.17) is 10.00 Å². The summed E-state index contributed by atoms with van der Waals surface area (Å²) < 4.78 is 22.3. The van der Waals surface area contributed by atoms with Gasteiger partial charge in [-0.3, -0.25) is 0 Å². The van der Waals surface area contributed by atoms with E-state index in [0.717, 1.165) is 6.07 Å². The van der Waals surface area contributed by atoms with E-state index in [2.05, 4.69) is 9.72 Å². The maximum atomic E-state index is 13.0. The largest absolute Gasteiger partial charge is 0.480 e. The quantitative estimate of drug-likeness (QED) is 0.687. The van der Waals surface area contributed by atoms with Crippen molar-refractivity contribution in [3.05, 3.63) is 17.4 Å². The fraction of sp³-hybridized carbons (Fsp3) is 0.250. The third-order valence-electron chi connectivity index (χ3n) is 1.42. The van der Waals surface area contributed by atoms with Crippen molar-refractivity contribution >= 4 is 0 Å². The SMILES string of the molecule is COc1nc(OC)c(C#N)cc1F. The molecule has 0 saturated carbocycles.